The van der Waals surface area contributed by atoms with Gasteiger partial charge in [0.05, 0.1) is 6.61 Å². The third kappa shape index (κ3) is 8.67. The molecule has 0 atom stereocenters. The SMILES string of the molecule is CC(C)(C)C(CO[SiH3])=C(O[Si](C)(C)C)O[Si](C)(C)C. The lowest BCUT2D eigenvalue weighted by molar-refractivity contribution is 0.187. The van der Waals surface area contributed by atoms with Crippen LogP contribution < -0.4 is 0 Å². The third-order valence-electron chi connectivity index (χ3n) is 2.24. The van der Waals surface area contributed by atoms with Gasteiger partial charge < -0.3 is 13.3 Å². The maximum atomic E-state index is 6.22. The summed E-state index contributed by atoms with van der Waals surface area (Å²) in [5.41, 5.74) is 1.14. The highest BCUT2D eigenvalue weighted by Gasteiger charge is 2.30. The van der Waals surface area contributed by atoms with Crippen LogP contribution in [0.25, 0.3) is 0 Å². The van der Waals surface area contributed by atoms with Gasteiger partial charge in [-0.15, -0.1) is 0 Å². The van der Waals surface area contributed by atoms with Gasteiger partial charge in [-0.3, -0.25) is 0 Å². The molecule has 0 aliphatic rings. The smallest absolute Gasteiger partial charge is 0.253 e. The van der Waals surface area contributed by atoms with Crippen molar-refractivity contribution in [3.63, 3.8) is 0 Å². The molecule has 0 aromatic rings. The summed E-state index contributed by atoms with van der Waals surface area (Å²) >= 11 is 0. The Hall–Kier alpha value is -0.0494. The summed E-state index contributed by atoms with van der Waals surface area (Å²) in [4.78, 5) is 0. The topological polar surface area (TPSA) is 27.7 Å². The van der Waals surface area contributed by atoms with Gasteiger partial charge in [0.1, 0.15) is 10.5 Å². The second-order valence-electron chi connectivity index (χ2n) is 7.88. The summed E-state index contributed by atoms with van der Waals surface area (Å²) in [5, 5.41) is 0. The fourth-order valence-electron chi connectivity index (χ4n) is 1.43. The highest BCUT2D eigenvalue weighted by Crippen LogP contribution is 2.32. The molecular formula is C13H32O3Si3. The molecule has 0 N–H and O–H groups in total. The molecule has 0 saturated heterocycles. The van der Waals surface area contributed by atoms with Gasteiger partial charge in [-0.05, 0) is 44.7 Å². The molecule has 0 unspecified atom stereocenters. The van der Waals surface area contributed by atoms with E-state index in [-0.39, 0.29) is 5.41 Å². The van der Waals surface area contributed by atoms with Crippen molar-refractivity contribution in [3.8, 4) is 0 Å². The van der Waals surface area contributed by atoms with Crippen molar-refractivity contribution in [2.45, 2.75) is 60.1 Å². The third-order valence-corrected chi connectivity index (χ3v) is 4.12. The first-order valence-electron chi connectivity index (χ1n) is 6.87. The standard InChI is InChI=1S/C13H32O3Si3/c1-13(2,3)11(10-14-17)12(15-18(4,5)6)16-19(7,8)9/h10H2,1-9,17H3. The molecule has 0 aromatic carbocycles. The van der Waals surface area contributed by atoms with Crippen LogP contribution in [0.15, 0.2) is 11.5 Å². The Labute approximate surface area is 124 Å². The van der Waals surface area contributed by atoms with E-state index >= 15 is 0 Å². The molecule has 0 amide bonds. The molecule has 0 bridgehead atoms. The van der Waals surface area contributed by atoms with Crippen LogP contribution in [0.3, 0.4) is 0 Å². The van der Waals surface area contributed by atoms with Crippen molar-refractivity contribution in [3.05, 3.63) is 11.5 Å². The van der Waals surface area contributed by atoms with Crippen molar-refractivity contribution < 1.29 is 13.3 Å². The average molecular weight is 321 g/mol. The van der Waals surface area contributed by atoms with Crippen LogP contribution in [0, 0.1) is 5.41 Å². The number of hydrogen-bond donors (Lipinski definition) is 0. The monoisotopic (exact) mass is 320 g/mol. The van der Waals surface area contributed by atoms with Crippen LogP contribution >= 0.6 is 0 Å². The molecule has 0 radical (unpaired) electrons. The van der Waals surface area contributed by atoms with E-state index in [1.165, 1.54) is 0 Å². The fourth-order valence-corrected chi connectivity index (χ4v) is 3.24. The van der Waals surface area contributed by atoms with Gasteiger partial charge in [-0.2, -0.15) is 0 Å². The maximum Gasteiger partial charge on any atom is 0.253 e. The Bertz CT molecular complexity index is 301. The summed E-state index contributed by atoms with van der Waals surface area (Å²) in [6.07, 6.45) is 0. The molecule has 0 rings (SSSR count). The van der Waals surface area contributed by atoms with Crippen LogP contribution in [-0.4, -0.2) is 33.7 Å². The van der Waals surface area contributed by atoms with Gasteiger partial charge in [0, 0.05) is 5.57 Å². The molecule has 0 heterocycles. The van der Waals surface area contributed by atoms with E-state index < -0.39 is 16.6 Å². The predicted octanol–water partition coefficient (Wildman–Crippen LogP) is 3.24. The van der Waals surface area contributed by atoms with E-state index in [0.29, 0.717) is 6.61 Å². The Morgan fingerprint density at radius 3 is 1.47 bits per heavy atom. The lowest BCUT2D eigenvalue weighted by Crippen LogP contribution is -2.34. The van der Waals surface area contributed by atoms with Gasteiger partial charge in [0.15, 0.2) is 0 Å². The Kier molecular flexibility index (Phi) is 6.58. The van der Waals surface area contributed by atoms with E-state index in [2.05, 4.69) is 60.1 Å². The molecule has 0 aliphatic heterocycles. The van der Waals surface area contributed by atoms with Crippen molar-refractivity contribution in [2.24, 2.45) is 5.41 Å². The number of hydrogen-bond acceptors (Lipinski definition) is 3. The summed E-state index contributed by atoms with van der Waals surface area (Å²) in [6, 6.07) is 0. The first kappa shape index (κ1) is 19.0. The van der Waals surface area contributed by atoms with Gasteiger partial charge in [0.2, 0.25) is 16.6 Å². The van der Waals surface area contributed by atoms with E-state index in [4.69, 9.17) is 13.3 Å². The van der Waals surface area contributed by atoms with Crippen LogP contribution in [-0.2, 0) is 13.3 Å². The van der Waals surface area contributed by atoms with Gasteiger partial charge in [-0.1, -0.05) is 20.8 Å². The van der Waals surface area contributed by atoms with E-state index in [1.807, 2.05) is 0 Å². The number of rotatable bonds is 6. The lowest BCUT2D eigenvalue weighted by atomic mass is 9.87. The summed E-state index contributed by atoms with van der Waals surface area (Å²) < 4.78 is 17.9. The minimum atomic E-state index is -1.70. The molecule has 6 heteroatoms. The van der Waals surface area contributed by atoms with Crippen LogP contribution in [0.1, 0.15) is 20.8 Å². The summed E-state index contributed by atoms with van der Waals surface area (Å²) in [7, 11) is -2.66. The maximum absolute atomic E-state index is 6.22. The van der Waals surface area contributed by atoms with Crippen LogP contribution in [0.5, 0.6) is 0 Å². The first-order chi connectivity index (χ1) is 8.26. The normalized spacial score (nSPS) is 13.3. The molecule has 114 valence electrons. The molecule has 0 aliphatic carbocycles. The highest BCUT2D eigenvalue weighted by molar-refractivity contribution is 6.71. The molecule has 0 aromatic heterocycles. The first-order valence-corrected chi connectivity index (χ1v) is 14.5. The van der Waals surface area contributed by atoms with Crippen molar-refractivity contribution in [1.29, 1.82) is 0 Å². The van der Waals surface area contributed by atoms with Crippen LogP contribution in [0.4, 0.5) is 0 Å². The molecule has 0 spiro atoms. The molecule has 0 fully saturated rings. The molecule has 19 heavy (non-hydrogen) atoms. The van der Waals surface area contributed by atoms with Crippen molar-refractivity contribution in [2.75, 3.05) is 6.61 Å². The zero-order chi connectivity index (χ0) is 15.5. The second-order valence-corrected chi connectivity index (χ2v) is 17.3. The lowest BCUT2D eigenvalue weighted by Gasteiger charge is -2.33. The Morgan fingerprint density at radius 1 is 0.895 bits per heavy atom. The van der Waals surface area contributed by atoms with Crippen molar-refractivity contribution >= 4 is 27.1 Å². The minimum absolute atomic E-state index is 0.000949. The average Bonchev–Trinajstić information content (AvgIpc) is 2.05. The quantitative estimate of drug-likeness (QED) is 0.555. The summed E-state index contributed by atoms with van der Waals surface area (Å²) in [6.45, 7) is 20.3. The highest BCUT2D eigenvalue weighted by atomic mass is 28.4. The summed E-state index contributed by atoms with van der Waals surface area (Å²) in [5.74, 6) is 0.738. The van der Waals surface area contributed by atoms with E-state index in [0.717, 1.165) is 22.0 Å². The zero-order valence-corrected chi connectivity index (χ0v) is 18.4. The largest absolute Gasteiger partial charge is 0.521 e. The second kappa shape index (κ2) is 6.60. The van der Waals surface area contributed by atoms with Gasteiger partial charge in [0.25, 0.3) is 5.95 Å². The molecule has 0 saturated carbocycles. The predicted molar refractivity (Wildman–Crippen MR) is 91.2 cm³/mol. The fraction of sp³-hybridized carbons (Fsp3) is 0.846. The molecule has 3 nitrogen and oxygen atoms in total. The van der Waals surface area contributed by atoms with E-state index in [9.17, 15) is 0 Å². The Morgan fingerprint density at radius 2 is 1.26 bits per heavy atom. The van der Waals surface area contributed by atoms with Gasteiger partial charge >= 0.3 is 0 Å². The van der Waals surface area contributed by atoms with Crippen molar-refractivity contribution in [1.82, 2.24) is 0 Å². The van der Waals surface area contributed by atoms with E-state index in [1.54, 1.807) is 0 Å². The van der Waals surface area contributed by atoms with Crippen LogP contribution in [0.2, 0.25) is 39.3 Å². The Balaban J connectivity index is 5.59. The van der Waals surface area contributed by atoms with Gasteiger partial charge in [-0.25, -0.2) is 0 Å². The molecular weight excluding hydrogens is 288 g/mol. The minimum Gasteiger partial charge on any atom is -0.521 e. The zero-order valence-electron chi connectivity index (χ0n) is 14.4.